The summed E-state index contributed by atoms with van der Waals surface area (Å²) < 4.78 is 6.10. The molecule has 4 aromatic rings. The van der Waals surface area contributed by atoms with Crippen LogP contribution in [0.5, 0.6) is 5.75 Å². The third-order valence-electron chi connectivity index (χ3n) is 6.86. The number of anilines is 1. The highest BCUT2D eigenvalue weighted by molar-refractivity contribution is 6.05. The van der Waals surface area contributed by atoms with Crippen molar-refractivity contribution in [1.29, 1.82) is 0 Å². The van der Waals surface area contributed by atoms with Crippen molar-refractivity contribution in [2.24, 2.45) is 0 Å². The summed E-state index contributed by atoms with van der Waals surface area (Å²) in [5.41, 5.74) is 2.21. The molecule has 3 aromatic carbocycles. The maximum atomic E-state index is 14.1. The molecule has 1 fully saturated rings. The summed E-state index contributed by atoms with van der Waals surface area (Å²) in [6.07, 6.45) is -0.00988. The molecule has 0 aliphatic carbocycles. The fourth-order valence-electron chi connectivity index (χ4n) is 5.05. The summed E-state index contributed by atoms with van der Waals surface area (Å²) in [6, 6.07) is 24.4. The van der Waals surface area contributed by atoms with Crippen LogP contribution < -0.4 is 15.5 Å². The Morgan fingerprint density at radius 2 is 1.72 bits per heavy atom. The van der Waals surface area contributed by atoms with E-state index in [1.165, 1.54) is 12.1 Å². The number of hydrogen-bond acceptors (Lipinski definition) is 6. The average Bonchev–Trinajstić information content (AvgIpc) is 3.33. The lowest BCUT2D eigenvalue weighted by Crippen LogP contribution is -2.56. The summed E-state index contributed by atoms with van der Waals surface area (Å²) in [5, 5.41) is 22.9. The number of benzene rings is 3. The van der Waals surface area contributed by atoms with Gasteiger partial charge in [-0.25, -0.2) is 10.3 Å². The Labute approximate surface area is 223 Å². The van der Waals surface area contributed by atoms with Crippen LogP contribution in [0, 0.1) is 0 Å². The molecule has 1 aromatic heterocycles. The predicted molar refractivity (Wildman–Crippen MR) is 143 cm³/mol. The fraction of sp³-hybridized carbons (Fsp3) is 0.172. The first-order valence-corrected chi connectivity index (χ1v) is 12.3. The molecule has 0 unspecified atom stereocenters. The molecule has 4 N–H and O–H groups in total. The number of nitrogens with zero attached hydrogens (tertiary/aromatic N) is 2. The molecule has 1 aliphatic heterocycles. The number of hydrogen-bond donors (Lipinski definition) is 4. The van der Waals surface area contributed by atoms with Gasteiger partial charge in [0.1, 0.15) is 17.4 Å². The average molecular weight is 527 g/mol. The number of carbonyl (C=O) groups excluding carboxylic acids is 2. The Kier molecular flexibility index (Phi) is 7.11. The van der Waals surface area contributed by atoms with E-state index in [0.29, 0.717) is 17.0 Å². The smallest absolute Gasteiger partial charge is 0.408 e. The topological polar surface area (TPSA) is 141 Å². The van der Waals surface area contributed by atoms with Crippen LogP contribution >= 0.6 is 0 Å². The van der Waals surface area contributed by atoms with Crippen LogP contribution in [-0.4, -0.2) is 56.3 Å². The third-order valence-corrected chi connectivity index (χ3v) is 6.86. The van der Waals surface area contributed by atoms with Gasteiger partial charge in [-0.05, 0) is 42.0 Å². The molecule has 5 rings (SSSR count). The second-order valence-corrected chi connectivity index (χ2v) is 9.33. The summed E-state index contributed by atoms with van der Waals surface area (Å²) in [7, 11) is 0. The van der Waals surface area contributed by atoms with Gasteiger partial charge in [0.15, 0.2) is 0 Å². The van der Waals surface area contributed by atoms with Gasteiger partial charge in [-0.1, -0.05) is 48.5 Å². The van der Waals surface area contributed by atoms with Crippen LogP contribution in [0.1, 0.15) is 22.3 Å². The first kappa shape index (κ1) is 25.7. The molecule has 10 nitrogen and oxygen atoms in total. The number of amides is 3. The van der Waals surface area contributed by atoms with Crippen LogP contribution in [0.2, 0.25) is 0 Å². The minimum Gasteiger partial charge on any atom is -0.488 e. The molecule has 2 atom stereocenters. The van der Waals surface area contributed by atoms with Crippen molar-refractivity contribution >= 4 is 34.5 Å². The number of hydroxylamine groups is 1. The van der Waals surface area contributed by atoms with Gasteiger partial charge >= 0.3 is 6.09 Å². The maximum Gasteiger partial charge on any atom is 0.408 e. The first-order chi connectivity index (χ1) is 18.9. The number of carbonyl (C=O) groups is 3. The van der Waals surface area contributed by atoms with Crippen LogP contribution in [0.25, 0.3) is 10.9 Å². The van der Waals surface area contributed by atoms with Crippen molar-refractivity contribution in [2.45, 2.75) is 24.5 Å². The van der Waals surface area contributed by atoms with Crippen LogP contribution in [0.4, 0.5) is 10.5 Å². The summed E-state index contributed by atoms with van der Waals surface area (Å²) in [5.74, 6) is -0.747. The number of aromatic nitrogens is 1. The van der Waals surface area contributed by atoms with Crippen LogP contribution in [0.3, 0.4) is 0 Å². The standard InChI is InChI=1S/C29H26N4O6/c34-26(32-38)21-11-13-22(14-12-21)39-23-17-29(33(18-23)28(36)37,16-19-6-2-1-3-7-19)27(35)31-24-10-4-8-20-9-5-15-30-25(20)24/h1-15,23,38H,16-18H2,(H,31,35)(H,32,34)(H,36,37)/t23-,29+/m0/s1. The first-order valence-electron chi connectivity index (χ1n) is 12.3. The third kappa shape index (κ3) is 5.23. The Morgan fingerprint density at radius 3 is 2.44 bits per heavy atom. The zero-order valence-corrected chi connectivity index (χ0v) is 20.8. The minimum absolute atomic E-state index is 0.0394. The number of ether oxygens (including phenoxy) is 1. The zero-order valence-electron chi connectivity index (χ0n) is 20.8. The van der Waals surface area contributed by atoms with E-state index < -0.39 is 29.6 Å². The molecule has 0 spiro atoms. The number of likely N-dealkylation sites (tertiary alicyclic amines) is 1. The quantitative estimate of drug-likeness (QED) is 0.210. The fourth-order valence-corrected chi connectivity index (χ4v) is 5.05. The molecule has 1 saturated heterocycles. The molecule has 39 heavy (non-hydrogen) atoms. The van der Waals surface area contributed by atoms with Crippen LogP contribution in [-0.2, 0) is 11.2 Å². The number of fused-ring (bicyclic) bond motifs is 1. The van der Waals surface area contributed by atoms with E-state index in [2.05, 4.69) is 10.3 Å². The van der Waals surface area contributed by atoms with Crippen molar-refractivity contribution < 1.29 is 29.4 Å². The van der Waals surface area contributed by atoms with Gasteiger partial charge in [0.05, 0.1) is 17.7 Å². The monoisotopic (exact) mass is 526 g/mol. The number of carboxylic acid groups (broad SMARTS) is 1. The highest BCUT2D eigenvalue weighted by atomic mass is 16.5. The van der Waals surface area contributed by atoms with Crippen molar-refractivity contribution in [1.82, 2.24) is 15.4 Å². The largest absolute Gasteiger partial charge is 0.488 e. The van der Waals surface area contributed by atoms with Gasteiger partial charge in [0, 0.05) is 30.0 Å². The van der Waals surface area contributed by atoms with E-state index >= 15 is 0 Å². The Hall–Kier alpha value is -4.96. The van der Waals surface area contributed by atoms with Crippen molar-refractivity contribution in [3.05, 3.63) is 102 Å². The molecule has 0 saturated carbocycles. The molecule has 10 heteroatoms. The predicted octanol–water partition coefficient (Wildman–Crippen LogP) is 4.11. The lowest BCUT2D eigenvalue weighted by atomic mass is 9.86. The Morgan fingerprint density at radius 1 is 0.974 bits per heavy atom. The van der Waals surface area contributed by atoms with Gasteiger partial charge in [0.2, 0.25) is 0 Å². The summed E-state index contributed by atoms with van der Waals surface area (Å²) in [6.45, 7) is -0.0394. The second kappa shape index (κ2) is 10.8. The molecule has 0 radical (unpaired) electrons. The highest BCUT2D eigenvalue weighted by Crippen LogP contribution is 2.37. The Balaban J connectivity index is 1.48. The van der Waals surface area contributed by atoms with Crippen molar-refractivity contribution in [3.63, 3.8) is 0 Å². The van der Waals surface area contributed by atoms with Gasteiger partial charge in [0.25, 0.3) is 11.8 Å². The second-order valence-electron chi connectivity index (χ2n) is 9.33. The van der Waals surface area contributed by atoms with Crippen molar-refractivity contribution in [3.8, 4) is 5.75 Å². The SMILES string of the molecule is O=C(NO)c1ccc(O[C@@H]2CN(C(=O)O)[C@@](Cc3ccccc3)(C(=O)Nc3cccc4cccnc34)C2)cc1. The maximum absolute atomic E-state index is 14.1. The number of pyridine rings is 1. The molecule has 1 aliphatic rings. The lowest BCUT2D eigenvalue weighted by Gasteiger charge is -2.35. The Bertz CT molecular complexity index is 1510. The van der Waals surface area contributed by atoms with Crippen LogP contribution in [0.15, 0.2) is 91.1 Å². The number of rotatable bonds is 7. The van der Waals surface area contributed by atoms with E-state index in [0.717, 1.165) is 15.8 Å². The van der Waals surface area contributed by atoms with Gasteiger partial charge in [-0.3, -0.25) is 24.7 Å². The molecule has 2 heterocycles. The number of nitrogens with one attached hydrogen (secondary N) is 2. The minimum atomic E-state index is -1.47. The molecular weight excluding hydrogens is 500 g/mol. The highest BCUT2D eigenvalue weighted by Gasteiger charge is 2.54. The van der Waals surface area contributed by atoms with E-state index in [1.54, 1.807) is 42.0 Å². The van der Waals surface area contributed by atoms with E-state index in [9.17, 15) is 19.5 Å². The van der Waals surface area contributed by atoms with Crippen molar-refractivity contribution in [2.75, 3.05) is 11.9 Å². The van der Waals surface area contributed by atoms with Gasteiger partial charge in [-0.15, -0.1) is 0 Å². The molecule has 3 amide bonds. The lowest BCUT2D eigenvalue weighted by molar-refractivity contribution is -0.125. The summed E-state index contributed by atoms with van der Waals surface area (Å²) in [4.78, 5) is 43.8. The van der Waals surface area contributed by atoms with E-state index in [-0.39, 0.29) is 24.9 Å². The molecule has 0 bridgehead atoms. The van der Waals surface area contributed by atoms with Gasteiger partial charge < -0.3 is 15.2 Å². The molecular formula is C29H26N4O6. The summed E-state index contributed by atoms with van der Waals surface area (Å²) >= 11 is 0. The number of para-hydroxylation sites is 1. The normalized spacial score (nSPS) is 18.5. The molecule has 198 valence electrons. The van der Waals surface area contributed by atoms with E-state index in [4.69, 9.17) is 9.94 Å². The zero-order chi connectivity index (χ0) is 27.4. The van der Waals surface area contributed by atoms with E-state index in [1.807, 2.05) is 42.5 Å². The van der Waals surface area contributed by atoms with Gasteiger partial charge in [-0.2, -0.15) is 0 Å².